The Morgan fingerprint density at radius 1 is 1.04 bits per heavy atom. The second-order valence-electron chi connectivity index (χ2n) is 8.81. The van der Waals surface area contributed by atoms with Gasteiger partial charge in [0.05, 0.1) is 4.75 Å². The fourth-order valence-electron chi connectivity index (χ4n) is 3.51. The molecule has 0 saturated heterocycles. The maximum Gasteiger partial charge on any atom is 0.216 e. The molecule has 1 aromatic rings. The molecule has 7 heteroatoms. The van der Waals surface area contributed by atoms with E-state index in [1.54, 1.807) is 20.8 Å². The van der Waals surface area contributed by atoms with Gasteiger partial charge in [-0.25, -0.2) is 21.9 Å². The molecule has 2 rings (SSSR count). The summed E-state index contributed by atoms with van der Waals surface area (Å²) in [6, 6.07) is 4.03. The highest BCUT2D eigenvalue weighted by molar-refractivity contribution is 7.90. The third-order valence-electron chi connectivity index (χ3n) is 5.50. The molecule has 1 fully saturated rings. The lowest BCUT2D eigenvalue weighted by Crippen LogP contribution is -2.46. The van der Waals surface area contributed by atoms with Gasteiger partial charge in [-0.05, 0) is 96.9 Å². The number of halogens is 2. The first-order chi connectivity index (χ1) is 13.1. The Morgan fingerprint density at radius 3 is 2.21 bits per heavy atom. The van der Waals surface area contributed by atoms with E-state index in [1.165, 1.54) is 18.2 Å². The Bertz CT molecular complexity index is 704. The molecule has 160 valence electrons. The zero-order valence-electron chi connectivity index (χ0n) is 17.2. The standard InChI is InChI=1S/C21H34F2N2O2S/c1-21(2,3)28(26,27)25-17-12-10-16(11-13-17)15-24-14-5-4-7-18-19(22)8-6-9-20(18)23/h6,8-9,16-17,24-25H,4-5,7,10-15H2,1-3H3. The van der Waals surface area contributed by atoms with Crippen LogP contribution in [0.15, 0.2) is 18.2 Å². The Balaban J connectivity index is 1.59. The minimum Gasteiger partial charge on any atom is -0.316 e. The third kappa shape index (κ3) is 6.78. The maximum absolute atomic E-state index is 13.6. The van der Waals surface area contributed by atoms with Gasteiger partial charge in [-0.2, -0.15) is 0 Å². The van der Waals surface area contributed by atoms with Gasteiger partial charge in [-0.15, -0.1) is 0 Å². The van der Waals surface area contributed by atoms with E-state index in [1.807, 2.05) is 0 Å². The molecular formula is C21H34F2N2O2S. The first-order valence-corrected chi connectivity index (χ1v) is 11.7. The van der Waals surface area contributed by atoms with Crippen LogP contribution in [0, 0.1) is 17.6 Å². The molecule has 0 amide bonds. The summed E-state index contributed by atoms with van der Waals surface area (Å²) in [5.74, 6) is -0.377. The maximum atomic E-state index is 13.6. The lowest BCUT2D eigenvalue weighted by Gasteiger charge is -2.31. The van der Waals surface area contributed by atoms with Gasteiger partial charge in [0.1, 0.15) is 11.6 Å². The van der Waals surface area contributed by atoms with E-state index in [9.17, 15) is 17.2 Å². The van der Waals surface area contributed by atoms with Crippen LogP contribution in [0.5, 0.6) is 0 Å². The van der Waals surface area contributed by atoms with Gasteiger partial charge in [-0.1, -0.05) is 6.07 Å². The van der Waals surface area contributed by atoms with Gasteiger partial charge in [0.2, 0.25) is 10.0 Å². The largest absolute Gasteiger partial charge is 0.316 e. The van der Waals surface area contributed by atoms with Crippen LogP contribution in [0.4, 0.5) is 8.78 Å². The van der Waals surface area contributed by atoms with E-state index < -0.39 is 26.4 Å². The molecule has 1 aliphatic carbocycles. The molecule has 4 nitrogen and oxygen atoms in total. The molecule has 0 radical (unpaired) electrons. The lowest BCUT2D eigenvalue weighted by molar-refractivity contribution is 0.301. The molecule has 1 saturated carbocycles. The summed E-state index contributed by atoms with van der Waals surface area (Å²) in [4.78, 5) is 0. The van der Waals surface area contributed by atoms with Gasteiger partial charge in [0.15, 0.2) is 0 Å². The Hall–Kier alpha value is -1.05. The summed E-state index contributed by atoms with van der Waals surface area (Å²) in [6.07, 6.45) is 5.78. The SMILES string of the molecule is CC(C)(C)S(=O)(=O)NC1CCC(CNCCCCc2c(F)cccc2F)CC1. The highest BCUT2D eigenvalue weighted by Gasteiger charge is 2.32. The first kappa shape index (κ1) is 23.2. The number of nitrogens with one attached hydrogen (secondary N) is 2. The van der Waals surface area contributed by atoms with E-state index >= 15 is 0 Å². The van der Waals surface area contributed by atoms with Crippen molar-refractivity contribution < 1.29 is 17.2 Å². The van der Waals surface area contributed by atoms with Crippen molar-refractivity contribution in [2.75, 3.05) is 13.1 Å². The second kappa shape index (κ2) is 10.1. The van der Waals surface area contributed by atoms with Crippen molar-refractivity contribution in [3.63, 3.8) is 0 Å². The average molecular weight is 417 g/mol. The van der Waals surface area contributed by atoms with Gasteiger partial charge in [0.25, 0.3) is 0 Å². The normalized spacial score (nSPS) is 21.0. The molecule has 0 aromatic heterocycles. The van der Waals surface area contributed by atoms with Gasteiger partial charge in [-0.3, -0.25) is 0 Å². The van der Waals surface area contributed by atoms with E-state index in [-0.39, 0.29) is 11.6 Å². The number of hydrogen-bond acceptors (Lipinski definition) is 3. The molecular weight excluding hydrogens is 382 g/mol. The summed E-state index contributed by atoms with van der Waals surface area (Å²) >= 11 is 0. The first-order valence-electron chi connectivity index (χ1n) is 10.3. The molecule has 0 unspecified atom stereocenters. The van der Waals surface area contributed by atoms with Crippen LogP contribution in [-0.4, -0.2) is 32.3 Å². The highest BCUT2D eigenvalue weighted by atomic mass is 32.2. The van der Waals surface area contributed by atoms with Crippen molar-refractivity contribution in [2.24, 2.45) is 5.92 Å². The van der Waals surface area contributed by atoms with Gasteiger partial charge < -0.3 is 5.32 Å². The fourth-order valence-corrected chi connectivity index (χ4v) is 4.54. The third-order valence-corrected chi connectivity index (χ3v) is 7.76. The predicted octanol–water partition coefficient (Wildman–Crippen LogP) is 4.15. The zero-order valence-corrected chi connectivity index (χ0v) is 18.0. The summed E-state index contributed by atoms with van der Waals surface area (Å²) in [7, 11) is -3.29. The number of sulfonamides is 1. The van der Waals surface area contributed by atoms with Crippen molar-refractivity contribution in [3.05, 3.63) is 35.4 Å². The summed E-state index contributed by atoms with van der Waals surface area (Å²) in [6.45, 7) is 6.88. The molecule has 1 aromatic carbocycles. The van der Waals surface area contributed by atoms with Crippen molar-refractivity contribution in [2.45, 2.75) is 76.5 Å². The minimum absolute atomic E-state index is 0.0381. The summed E-state index contributed by atoms with van der Waals surface area (Å²) < 4.78 is 53.7. The molecule has 0 atom stereocenters. The molecule has 2 N–H and O–H groups in total. The van der Waals surface area contributed by atoms with Crippen LogP contribution in [0.2, 0.25) is 0 Å². The predicted molar refractivity (Wildman–Crippen MR) is 110 cm³/mol. The van der Waals surface area contributed by atoms with Crippen LogP contribution in [-0.2, 0) is 16.4 Å². The topological polar surface area (TPSA) is 58.2 Å². The van der Waals surface area contributed by atoms with E-state index in [0.717, 1.165) is 51.6 Å². The van der Waals surface area contributed by atoms with Crippen molar-refractivity contribution in [3.8, 4) is 0 Å². The second-order valence-corrected chi connectivity index (χ2v) is 11.3. The summed E-state index contributed by atoms with van der Waals surface area (Å²) in [5, 5.41) is 3.43. The smallest absolute Gasteiger partial charge is 0.216 e. The quantitative estimate of drug-likeness (QED) is 0.595. The zero-order chi connectivity index (χ0) is 20.8. The molecule has 0 spiro atoms. The van der Waals surface area contributed by atoms with Crippen LogP contribution >= 0.6 is 0 Å². The molecule has 1 aliphatic rings. The monoisotopic (exact) mass is 416 g/mol. The average Bonchev–Trinajstić information content (AvgIpc) is 2.60. The van der Waals surface area contributed by atoms with Crippen LogP contribution in [0.3, 0.4) is 0 Å². The highest BCUT2D eigenvalue weighted by Crippen LogP contribution is 2.26. The van der Waals surface area contributed by atoms with Crippen LogP contribution < -0.4 is 10.0 Å². The van der Waals surface area contributed by atoms with E-state index in [4.69, 9.17) is 0 Å². The van der Waals surface area contributed by atoms with Crippen LogP contribution in [0.25, 0.3) is 0 Å². The van der Waals surface area contributed by atoms with Crippen LogP contribution in [0.1, 0.15) is 64.9 Å². The number of unbranched alkanes of at least 4 members (excludes halogenated alkanes) is 1. The fraction of sp³-hybridized carbons (Fsp3) is 0.714. The number of benzene rings is 1. The lowest BCUT2D eigenvalue weighted by atomic mass is 9.86. The Kier molecular flexibility index (Phi) is 8.40. The van der Waals surface area contributed by atoms with E-state index in [0.29, 0.717) is 12.3 Å². The Labute approximate surface area is 168 Å². The molecule has 0 aliphatic heterocycles. The number of rotatable bonds is 9. The van der Waals surface area contributed by atoms with Gasteiger partial charge in [0, 0.05) is 11.6 Å². The molecule has 28 heavy (non-hydrogen) atoms. The molecule has 0 bridgehead atoms. The van der Waals surface area contributed by atoms with E-state index in [2.05, 4.69) is 10.0 Å². The minimum atomic E-state index is -3.29. The van der Waals surface area contributed by atoms with Gasteiger partial charge >= 0.3 is 0 Å². The number of hydrogen-bond donors (Lipinski definition) is 2. The van der Waals surface area contributed by atoms with Crippen molar-refractivity contribution in [1.82, 2.24) is 10.0 Å². The molecule has 0 heterocycles. The van der Waals surface area contributed by atoms with Crippen molar-refractivity contribution >= 4 is 10.0 Å². The summed E-state index contributed by atoms with van der Waals surface area (Å²) in [5.41, 5.74) is 0.179. The Morgan fingerprint density at radius 2 is 1.64 bits per heavy atom. The van der Waals surface area contributed by atoms with Crippen molar-refractivity contribution in [1.29, 1.82) is 0 Å².